The lowest BCUT2D eigenvalue weighted by Crippen LogP contribution is -2.30. The van der Waals surface area contributed by atoms with Gasteiger partial charge in [0.1, 0.15) is 17.6 Å². The normalized spacial score (nSPS) is 11.9. The van der Waals surface area contributed by atoms with Crippen molar-refractivity contribution in [2.24, 2.45) is 7.05 Å². The second kappa shape index (κ2) is 7.29. The largest absolute Gasteiger partial charge is 0.350 e. The first-order chi connectivity index (χ1) is 13.2. The fraction of sp³-hybridized carbons (Fsp3) is 0.0952. The van der Waals surface area contributed by atoms with E-state index in [1.165, 1.54) is 0 Å². The van der Waals surface area contributed by atoms with Gasteiger partial charge in [0.2, 0.25) is 5.76 Å². The van der Waals surface area contributed by atoms with Gasteiger partial charge >= 0.3 is 0 Å². The Bertz CT molecular complexity index is 1040. The molecule has 6 nitrogen and oxygen atoms in total. The predicted octanol–water partition coefficient (Wildman–Crippen LogP) is 3.59. The molecule has 0 aliphatic carbocycles. The highest BCUT2D eigenvalue weighted by molar-refractivity contribution is 5.92. The number of rotatable bonds is 5. The lowest BCUT2D eigenvalue weighted by Gasteiger charge is -2.18. The number of nitrogens with one attached hydrogen (secondary N) is 1. The summed E-state index contributed by atoms with van der Waals surface area (Å²) in [5.74, 6) is 0.544. The molecule has 1 amide bonds. The van der Waals surface area contributed by atoms with Gasteiger partial charge in [-0.05, 0) is 5.56 Å². The molecule has 4 aromatic rings. The van der Waals surface area contributed by atoms with Crippen LogP contribution < -0.4 is 5.32 Å². The minimum atomic E-state index is -0.399. The van der Waals surface area contributed by atoms with Gasteiger partial charge in [-0.1, -0.05) is 65.8 Å². The molecule has 0 bridgehead atoms. The van der Waals surface area contributed by atoms with Crippen molar-refractivity contribution in [3.63, 3.8) is 0 Å². The zero-order valence-electron chi connectivity index (χ0n) is 14.7. The van der Waals surface area contributed by atoms with Gasteiger partial charge in [0, 0.05) is 31.1 Å². The van der Waals surface area contributed by atoms with Crippen LogP contribution >= 0.6 is 0 Å². The highest BCUT2D eigenvalue weighted by Crippen LogP contribution is 2.22. The van der Waals surface area contributed by atoms with Gasteiger partial charge in [0.25, 0.3) is 5.91 Å². The Balaban J connectivity index is 1.61. The maximum absolute atomic E-state index is 12.8. The highest BCUT2D eigenvalue weighted by atomic mass is 16.5. The van der Waals surface area contributed by atoms with E-state index in [4.69, 9.17) is 4.52 Å². The Hall–Kier alpha value is -3.67. The summed E-state index contributed by atoms with van der Waals surface area (Å²) in [5.41, 5.74) is 2.45. The third-order valence-corrected chi connectivity index (χ3v) is 4.33. The Morgan fingerprint density at radius 1 is 1.07 bits per heavy atom. The Morgan fingerprint density at radius 3 is 2.44 bits per heavy atom. The smallest absolute Gasteiger partial charge is 0.290 e. The summed E-state index contributed by atoms with van der Waals surface area (Å²) in [6, 6.07) is 20.5. The topological polar surface area (TPSA) is 73.0 Å². The summed E-state index contributed by atoms with van der Waals surface area (Å²) in [4.78, 5) is 17.2. The zero-order valence-corrected chi connectivity index (χ0v) is 14.7. The van der Waals surface area contributed by atoms with Crippen molar-refractivity contribution >= 4 is 5.91 Å². The second-order valence-corrected chi connectivity index (χ2v) is 6.16. The standard InChI is InChI=1S/C21H18N4O2/c1-25-13-12-22-20(25)19(16-10-6-3-7-11-16)23-21(26)18-14-17(24-27-18)15-8-4-2-5-9-15/h2-14,19H,1H3,(H,23,26). The van der Waals surface area contributed by atoms with Gasteiger partial charge in [-0.3, -0.25) is 4.79 Å². The van der Waals surface area contributed by atoms with E-state index in [-0.39, 0.29) is 11.7 Å². The van der Waals surface area contributed by atoms with E-state index in [1.807, 2.05) is 78.5 Å². The molecule has 0 spiro atoms. The first-order valence-corrected chi connectivity index (χ1v) is 8.57. The minimum Gasteiger partial charge on any atom is -0.350 e. The predicted molar refractivity (Wildman–Crippen MR) is 101 cm³/mol. The van der Waals surface area contributed by atoms with Crippen molar-refractivity contribution in [3.8, 4) is 11.3 Å². The summed E-state index contributed by atoms with van der Waals surface area (Å²) >= 11 is 0. The Morgan fingerprint density at radius 2 is 1.78 bits per heavy atom. The van der Waals surface area contributed by atoms with Crippen LogP contribution in [0.25, 0.3) is 11.3 Å². The van der Waals surface area contributed by atoms with E-state index >= 15 is 0 Å². The molecule has 2 aromatic heterocycles. The summed E-state index contributed by atoms with van der Waals surface area (Å²) in [6.07, 6.45) is 3.55. The number of aryl methyl sites for hydroxylation is 1. The molecule has 0 fully saturated rings. The van der Waals surface area contributed by atoms with Gasteiger partial charge in [-0.15, -0.1) is 0 Å². The molecule has 1 unspecified atom stereocenters. The van der Waals surface area contributed by atoms with E-state index in [0.29, 0.717) is 5.69 Å². The molecule has 1 N–H and O–H groups in total. The molecule has 134 valence electrons. The van der Waals surface area contributed by atoms with Gasteiger partial charge in [-0.2, -0.15) is 0 Å². The fourth-order valence-corrected chi connectivity index (χ4v) is 2.93. The monoisotopic (exact) mass is 358 g/mol. The molecule has 4 rings (SSSR count). The van der Waals surface area contributed by atoms with Crippen LogP contribution in [0.4, 0.5) is 0 Å². The van der Waals surface area contributed by atoms with Crippen LogP contribution in [0.5, 0.6) is 0 Å². The van der Waals surface area contributed by atoms with Crippen LogP contribution in [-0.4, -0.2) is 20.6 Å². The van der Waals surface area contributed by atoms with E-state index in [9.17, 15) is 4.79 Å². The van der Waals surface area contributed by atoms with Crippen molar-refractivity contribution < 1.29 is 9.32 Å². The van der Waals surface area contributed by atoms with E-state index in [2.05, 4.69) is 15.5 Å². The summed E-state index contributed by atoms with van der Waals surface area (Å²) in [6.45, 7) is 0. The number of aromatic nitrogens is 3. The fourth-order valence-electron chi connectivity index (χ4n) is 2.93. The molecular weight excluding hydrogens is 340 g/mol. The zero-order chi connectivity index (χ0) is 18.6. The number of amides is 1. The quantitative estimate of drug-likeness (QED) is 0.592. The number of carbonyl (C=O) groups is 1. The van der Waals surface area contributed by atoms with Crippen LogP contribution in [0.3, 0.4) is 0 Å². The molecule has 2 heterocycles. The highest BCUT2D eigenvalue weighted by Gasteiger charge is 2.23. The van der Waals surface area contributed by atoms with Crippen molar-refractivity contribution in [2.75, 3.05) is 0 Å². The summed E-state index contributed by atoms with van der Waals surface area (Å²) in [7, 11) is 1.90. The summed E-state index contributed by atoms with van der Waals surface area (Å²) < 4.78 is 7.16. The third-order valence-electron chi connectivity index (χ3n) is 4.33. The van der Waals surface area contributed by atoms with Crippen molar-refractivity contribution in [2.45, 2.75) is 6.04 Å². The number of imidazole rings is 1. The van der Waals surface area contributed by atoms with Crippen LogP contribution in [0.2, 0.25) is 0 Å². The Kier molecular flexibility index (Phi) is 4.53. The molecule has 0 aliphatic rings. The van der Waals surface area contributed by atoms with E-state index in [0.717, 1.165) is 17.0 Å². The second-order valence-electron chi connectivity index (χ2n) is 6.16. The summed E-state index contributed by atoms with van der Waals surface area (Å²) in [5, 5.41) is 7.01. The molecule has 0 saturated heterocycles. The van der Waals surface area contributed by atoms with Gasteiger partial charge < -0.3 is 14.4 Å². The minimum absolute atomic E-state index is 0.156. The molecule has 0 saturated carbocycles. The SMILES string of the molecule is Cn1ccnc1C(NC(=O)c1cc(-c2ccccc2)no1)c1ccccc1. The van der Waals surface area contributed by atoms with Gasteiger partial charge in [0.05, 0.1) is 0 Å². The van der Waals surface area contributed by atoms with Crippen LogP contribution in [0, 0.1) is 0 Å². The molecule has 6 heteroatoms. The van der Waals surface area contributed by atoms with Crippen LogP contribution in [0.15, 0.2) is 83.6 Å². The van der Waals surface area contributed by atoms with Crippen molar-refractivity contribution in [1.82, 2.24) is 20.0 Å². The van der Waals surface area contributed by atoms with Crippen LogP contribution in [0.1, 0.15) is 28.0 Å². The number of benzene rings is 2. The number of nitrogens with zero attached hydrogens (tertiary/aromatic N) is 3. The first kappa shape index (κ1) is 16.8. The van der Waals surface area contributed by atoms with Crippen molar-refractivity contribution in [3.05, 3.63) is 96.3 Å². The maximum Gasteiger partial charge on any atom is 0.290 e. The number of carbonyl (C=O) groups excluding carboxylic acids is 1. The first-order valence-electron chi connectivity index (χ1n) is 8.57. The van der Waals surface area contributed by atoms with Crippen molar-refractivity contribution in [1.29, 1.82) is 0 Å². The molecular formula is C21H18N4O2. The third kappa shape index (κ3) is 3.50. The maximum atomic E-state index is 12.8. The molecule has 27 heavy (non-hydrogen) atoms. The van der Waals surface area contributed by atoms with E-state index in [1.54, 1.807) is 12.3 Å². The lowest BCUT2D eigenvalue weighted by atomic mass is 10.1. The number of hydrogen-bond donors (Lipinski definition) is 1. The average molecular weight is 358 g/mol. The molecule has 0 aliphatic heterocycles. The number of hydrogen-bond acceptors (Lipinski definition) is 4. The van der Waals surface area contributed by atoms with Gasteiger partial charge in [-0.25, -0.2) is 4.98 Å². The van der Waals surface area contributed by atoms with E-state index < -0.39 is 6.04 Å². The molecule has 1 atom stereocenters. The molecule has 0 radical (unpaired) electrons. The Labute approximate surface area is 156 Å². The molecule has 2 aromatic carbocycles. The van der Waals surface area contributed by atoms with Gasteiger partial charge in [0.15, 0.2) is 0 Å². The lowest BCUT2D eigenvalue weighted by molar-refractivity contribution is 0.0904. The average Bonchev–Trinajstić information content (AvgIpc) is 3.37. The van der Waals surface area contributed by atoms with Crippen LogP contribution in [-0.2, 0) is 7.05 Å².